The fourth-order valence-corrected chi connectivity index (χ4v) is 1.76. The molecule has 0 spiro atoms. The molecule has 6 heteroatoms. The Morgan fingerprint density at radius 3 is 2.55 bits per heavy atom. The molecule has 1 rings (SSSR count). The van der Waals surface area contributed by atoms with E-state index in [2.05, 4.69) is 10.3 Å². The minimum Gasteiger partial charge on any atom is -0.383 e. The van der Waals surface area contributed by atoms with Crippen LogP contribution in [0.2, 0.25) is 0 Å². The third-order valence-electron chi connectivity index (χ3n) is 2.76. The van der Waals surface area contributed by atoms with Gasteiger partial charge in [-0.1, -0.05) is 12.1 Å². The van der Waals surface area contributed by atoms with Gasteiger partial charge in [0.05, 0.1) is 13.2 Å². The number of nitrogens with two attached hydrogens (primary N) is 1. The number of halogens is 1. The Labute approximate surface area is 119 Å². The van der Waals surface area contributed by atoms with Crippen LogP contribution in [0.1, 0.15) is 18.6 Å². The van der Waals surface area contributed by atoms with E-state index < -0.39 is 0 Å². The molecule has 112 valence electrons. The first-order valence-electron chi connectivity index (χ1n) is 6.40. The molecule has 0 aliphatic carbocycles. The first-order valence-corrected chi connectivity index (χ1v) is 6.40. The molecule has 5 nitrogen and oxygen atoms in total. The van der Waals surface area contributed by atoms with Crippen molar-refractivity contribution in [1.29, 1.82) is 0 Å². The van der Waals surface area contributed by atoms with Crippen molar-refractivity contribution in [2.24, 2.45) is 10.7 Å². The summed E-state index contributed by atoms with van der Waals surface area (Å²) in [5.41, 5.74) is 6.63. The Bertz CT molecular complexity index is 423. The summed E-state index contributed by atoms with van der Waals surface area (Å²) in [6, 6.07) is 6.23. The van der Waals surface area contributed by atoms with Gasteiger partial charge in [-0.2, -0.15) is 0 Å². The fraction of sp³-hybridized carbons (Fsp3) is 0.500. The van der Waals surface area contributed by atoms with E-state index in [4.69, 9.17) is 15.2 Å². The molecule has 3 N–H and O–H groups in total. The number of rotatable bonds is 7. The van der Waals surface area contributed by atoms with Crippen molar-refractivity contribution in [3.05, 3.63) is 35.6 Å². The number of methoxy groups -OCH3 is 2. The predicted octanol–water partition coefficient (Wildman–Crippen LogP) is 1.45. The molecule has 1 aromatic carbocycles. The van der Waals surface area contributed by atoms with E-state index in [1.165, 1.54) is 12.1 Å². The van der Waals surface area contributed by atoms with Crippen molar-refractivity contribution in [3.8, 4) is 0 Å². The Morgan fingerprint density at radius 1 is 1.35 bits per heavy atom. The second kappa shape index (κ2) is 8.50. The molecular weight excluding hydrogens is 261 g/mol. The van der Waals surface area contributed by atoms with Gasteiger partial charge in [-0.25, -0.2) is 4.39 Å². The van der Waals surface area contributed by atoms with E-state index >= 15 is 0 Å². The van der Waals surface area contributed by atoms with Gasteiger partial charge in [0.25, 0.3) is 0 Å². The average molecular weight is 283 g/mol. The van der Waals surface area contributed by atoms with Crippen molar-refractivity contribution in [2.75, 3.05) is 27.4 Å². The van der Waals surface area contributed by atoms with Gasteiger partial charge in [-0.15, -0.1) is 0 Å². The number of hydrogen-bond acceptors (Lipinski definition) is 3. The number of ether oxygens (including phenoxy) is 2. The fourth-order valence-electron chi connectivity index (χ4n) is 1.76. The maximum atomic E-state index is 12.9. The SMILES string of the molecule is COCC(C)NC(N)=NCC(OC)c1ccc(F)cc1. The highest BCUT2D eigenvalue weighted by Gasteiger charge is 2.10. The summed E-state index contributed by atoms with van der Waals surface area (Å²) in [4.78, 5) is 4.23. The van der Waals surface area contributed by atoms with Crippen LogP contribution in [0, 0.1) is 5.82 Å². The van der Waals surface area contributed by atoms with E-state index in [0.717, 1.165) is 5.56 Å². The molecule has 0 amide bonds. The topological polar surface area (TPSA) is 68.9 Å². The van der Waals surface area contributed by atoms with Crippen molar-refractivity contribution < 1.29 is 13.9 Å². The lowest BCUT2D eigenvalue weighted by Gasteiger charge is -2.16. The molecule has 0 aromatic heterocycles. The number of nitrogens with zero attached hydrogens (tertiary/aromatic N) is 1. The van der Waals surface area contributed by atoms with Crippen LogP contribution in [-0.4, -0.2) is 39.4 Å². The van der Waals surface area contributed by atoms with Gasteiger partial charge in [-0.3, -0.25) is 4.99 Å². The Morgan fingerprint density at radius 2 is 2.00 bits per heavy atom. The normalized spacial score (nSPS) is 14.9. The van der Waals surface area contributed by atoms with E-state index in [9.17, 15) is 4.39 Å². The molecule has 0 aliphatic heterocycles. The summed E-state index contributed by atoms with van der Waals surface area (Å²) in [5, 5.41) is 3.01. The zero-order valence-corrected chi connectivity index (χ0v) is 12.1. The molecule has 20 heavy (non-hydrogen) atoms. The molecule has 2 unspecified atom stereocenters. The van der Waals surface area contributed by atoms with Gasteiger partial charge in [0.15, 0.2) is 5.96 Å². The molecule has 0 bridgehead atoms. The second-order valence-electron chi connectivity index (χ2n) is 4.50. The minimum atomic E-state index is -0.276. The quantitative estimate of drug-likeness (QED) is 0.587. The zero-order chi connectivity index (χ0) is 15.0. The highest BCUT2D eigenvalue weighted by atomic mass is 19.1. The first kappa shape index (κ1) is 16.4. The smallest absolute Gasteiger partial charge is 0.188 e. The second-order valence-corrected chi connectivity index (χ2v) is 4.50. The summed E-state index contributed by atoms with van der Waals surface area (Å²) in [6.07, 6.45) is -0.256. The van der Waals surface area contributed by atoms with Gasteiger partial charge in [-0.05, 0) is 24.6 Å². The van der Waals surface area contributed by atoms with Gasteiger partial charge >= 0.3 is 0 Å². The van der Waals surface area contributed by atoms with Crippen molar-refractivity contribution >= 4 is 5.96 Å². The van der Waals surface area contributed by atoms with E-state index in [0.29, 0.717) is 19.1 Å². The van der Waals surface area contributed by atoms with Gasteiger partial charge < -0.3 is 20.5 Å². The van der Waals surface area contributed by atoms with Gasteiger partial charge in [0.2, 0.25) is 0 Å². The average Bonchev–Trinajstić information content (AvgIpc) is 2.41. The summed E-state index contributed by atoms with van der Waals surface area (Å²) >= 11 is 0. The van der Waals surface area contributed by atoms with E-state index in [-0.39, 0.29) is 18.0 Å². The summed E-state index contributed by atoms with van der Waals surface area (Å²) < 4.78 is 23.2. The Balaban J connectivity index is 2.58. The number of aliphatic imine (C=N–C) groups is 1. The third kappa shape index (κ3) is 5.54. The van der Waals surface area contributed by atoms with Crippen molar-refractivity contribution in [1.82, 2.24) is 5.32 Å². The first-order chi connectivity index (χ1) is 9.56. The minimum absolute atomic E-state index is 0.0792. The zero-order valence-electron chi connectivity index (χ0n) is 12.1. The highest BCUT2D eigenvalue weighted by molar-refractivity contribution is 5.78. The summed E-state index contributed by atoms with van der Waals surface area (Å²) in [6.45, 7) is 2.85. The molecule has 0 heterocycles. The monoisotopic (exact) mass is 283 g/mol. The van der Waals surface area contributed by atoms with E-state index in [1.807, 2.05) is 6.92 Å². The molecule has 0 aliphatic rings. The number of nitrogens with one attached hydrogen (secondary N) is 1. The molecule has 0 saturated heterocycles. The highest BCUT2D eigenvalue weighted by Crippen LogP contribution is 2.17. The lowest BCUT2D eigenvalue weighted by atomic mass is 10.1. The lowest BCUT2D eigenvalue weighted by Crippen LogP contribution is -2.40. The number of guanidine groups is 1. The number of hydrogen-bond donors (Lipinski definition) is 2. The Kier molecular flexibility index (Phi) is 6.97. The molecule has 0 saturated carbocycles. The van der Waals surface area contributed by atoms with Crippen molar-refractivity contribution in [3.63, 3.8) is 0 Å². The standard InChI is InChI=1S/C14H22FN3O2/c1-10(9-19-2)18-14(16)17-8-13(20-3)11-4-6-12(15)7-5-11/h4-7,10,13H,8-9H2,1-3H3,(H3,16,17,18). The van der Waals surface area contributed by atoms with Crippen LogP contribution in [-0.2, 0) is 9.47 Å². The van der Waals surface area contributed by atoms with Gasteiger partial charge in [0, 0.05) is 20.3 Å². The van der Waals surface area contributed by atoms with Gasteiger partial charge in [0.1, 0.15) is 11.9 Å². The third-order valence-corrected chi connectivity index (χ3v) is 2.76. The maximum absolute atomic E-state index is 12.9. The van der Waals surface area contributed by atoms with Crippen LogP contribution in [0.4, 0.5) is 4.39 Å². The van der Waals surface area contributed by atoms with E-state index in [1.54, 1.807) is 26.4 Å². The largest absolute Gasteiger partial charge is 0.383 e. The summed E-state index contributed by atoms with van der Waals surface area (Å²) in [5.74, 6) is 0.0559. The Hall–Kier alpha value is -1.66. The molecule has 1 aromatic rings. The van der Waals surface area contributed by atoms with Crippen LogP contribution in [0.15, 0.2) is 29.3 Å². The number of benzene rings is 1. The predicted molar refractivity (Wildman–Crippen MR) is 77.1 cm³/mol. The van der Waals surface area contributed by atoms with Crippen LogP contribution in [0.3, 0.4) is 0 Å². The van der Waals surface area contributed by atoms with Crippen molar-refractivity contribution in [2.45, 2.75) is 19.1 Å². The lowest BCUT2D eigenvalue weighted by molar-refractivity contribution is 0.111. The van der Waals surface area contributed by atoms with Crippen LogP contribution >= 0.6 is 0 Å². The molecule has 0 fully saturated rings. The molecule has 0 radical (unpaired) electrons. The maximum Gasteiger partial charge on any atom is 0.188 e. The van der Waals surface area contributed by atoms with Crippen LogP contribution in [0.25, 0.3) is 0 Å². The molecule has 2 atom stereocenters. The summed E-state index contributed by atoms with van der Waals surface area (Å²) in [7, 11) is 3.21. The van der Waals surface area contributed by atoms with Crippen LogP contribution in [0.5, 0.6) is 0 Å². The van der Waals surface area contributed by atoms with Crippen LogP contribution < -0.4 is 11.1 Å². The molecular formula is C14H22FN3O2.